The van der Waals surface area contributed by atoms with Gasteiger partial charge in [-0.05, 0) is 13.8 Å². The highest BCUT2D eigenvalue weighted by Crippen LogP contribution is 2.26. The van der Waals surface area contributed by atoms with E-state index in [-0.39, 0.29) is 11.9 Å². The number of nitrogens with zero attached hydrogens (tertiary/aromatic N) is 4. The van der Waals surface area contributed by atoms with Crippen molar-refractivity contribution >= 4 is 17.2 Å². The minimum absolute atomic E-state index is 0.0342. The largest absolute Gasteiger partial charge is 0.336 e. The van der Waals surface area contributed by atoms with Gasteiger partial charge in [0, 0.05) is 39.1 Å². The van der Waals surface area contributed by atoms with E-state index >= 15 is 0 Å². The molecule has 1 atom stereocenters. The zero-order valence-corrected chi connectivity index (χ0v) is 13.3. The van der Waals surface area contributed by atoms with E-state index in [1.807, 2.05) is 36.6 Å². The van der Waals surface area contributed by atoms with Crippen LogP contribution in [0.5, 0.6) is 0 Å². The molecule has 1 amide bonds. The number of hydrogen-bond acceptors (Lipinski definition) is 5. The second-order valence-corrected chi connectivity index (χ2v) is 6.47. The molecule has 2 aromatic rings. The van der Waals surface area contributed by atoms with E-state index in [9.17, 15) is 4.79 Å². The Morgan fingerprint density at radius 3 is 2.90 bits per heavy atom. The summed E-state index contributed by atoms with van der Waals surface area (Å²) >= 11 is 1.47. The molecule has 1 aliphatic heterocycles. The first-order chi connectivity index (χ1) is 10.1. The Kier molecular flexibility index (Phi) is 3.77. The summed E-state index contributed by atoms with van der Waals surface area (Å²) in [7, 11) is 1.96. The highest BCUT2D eigenvalue weighted by atomic mass is 32.1. The molecule has 1 aliphatic rings. The molecule has 1 N–H and O–H groups in total. The minimum Gasteiger partial charge on any atom is -0.336 e. The van der Waals surface area contributed by atoms with E-state index in [0.717, 1.165) is 34.5 Å². The molecule has 1 unspecified atom stereocenters. The number of thiazole rings is 1. The first kappa shape index (κ1) is 14.2. The lowest BCUT2D eigenvalue weighted by Crippen LogP contribution is -2.49. The van der Waals surface area contributed by atoms with E-state index in [0.29, 0.717) is 6.54 Å². The molecule has 0 saturated carbocycles. The molecule has 21 heavy (non-hydrogen) atoms. The number of piperazine rings is 1. The quantitative estimate of drug-likeness (QED) is 0.908. The summed E-state index contributed by atoms with van der Waals surface area (Å²) in [6, 6.07) is -0.0342. The summed E-state index contributed by atoms with van der Waals surface area (Å²) in [5, 5.41) is 4.28. The van der Waals surface area contributed by atoms with Crippen LogP contribution < -0.4 is 5.32 Å². The van der Waals surface area contributed by atoms with Gasteiger partial charge >= 0.3 is 0 Å². The van der Waals surface area contributed by atoms with Gasteiger partial charge in [0.15, 0.2) is 0 Å². The topological polar surface area (TPSA) is 63.1 Å². The van der Waals surface area contributed by atoms with Gasteiger partial charge in [-0.2, -0.15) is 0 Å². The first-order valence-electron chi connectivity index (χ1n) is 7.01. The third-order valence-electron chi connectivity index (χ3n) is 3.76. The molecule has 0 aliphatic carbocycles. The average molecular weight is 305 g/mol. The highest BCUT2D eigenvalue weighted by molar-refractivity contribution is 7.13. The van der Waals surface area contributed by atoms with E-state index < -0.39 is 0 Å². The molecule has 2 aromatic heterocycles. The molecule has 7 heteroatoms. The maximum atomic E-state index is 12.9. The SMILES string of the molecule is Cc1nc(C)c(C(=O)N2CCNCC2c2nccn2C)s1. The van der Waals surface area contributed by atoms with Crippen molar-refractivity contribution in [3.05, 3.63) is 33.8 Å². The number of rotatable bonds is 2. The lowest BCUT2D eigenvalue weighted by Gasteiger charge is -2.35. The second-order valence-electron chi connectivity index (χ2n) is 5.26. The number of amides is 1. The van der Waals surface area contributed by atoms with Crippen LogP contribution in [0, 0.1) is 13.8 Å². The van der Waals surface area contributed by atoms with Crippen molar-refractivity contribution in [1.82, 2.24) is 24.8 Å². The first-order valence-corrected chi connectivity index (χ1v) is 7.82. The van der Waals surface area contributed by atoms with Gasteiger partial charge < -0.3 is 14.8 Å². The van der Waals surface area contributed by atoms with Crippen molar-refractivity contribution in [2.45, 2.75) is 19.9 Å². The van der Waals surface area contributed by atoms with Crippen LogP contribution in [0.4, 0.5) is 0 Å². The lowest BCUT2D eigenvalue weighted by molar-refractivity contribution is 0.0625. The van der Waals surface area contributed by atoms with Gasteiger partial charge in [0.25, 0.3) is 5.91 Å². The third-order valence-corrected chi connectivity index (χ3v) is 4.82. The van der Waals surface area contributed by atoms with Crippen molar-refractivity contribution < 1.29 is 4.79 Å². The summed E-state index contributed by atoms with van der Waals surface area (Å²) < 4.78 is 1.97. The van der Waals surface area contributed by atoms with E-state index in [4.69, 9.17) is 0 Å². The monoisotopic (exact) mass is 305 g/mol. The van der Waals surface area contributed by atoms with E-state index in [2.05, 4.69) is 15.3 Å². The number of nitrogens with one attached hydrogen (secondary N) is 1. The van der Waals surface area contributed by atoms with Crippen LogP contribution in [0.3, 0.4) is 0 Å². The van der Waals surface area contributed by atoms with E-state index in [1.165, 1.54) is 11.3 Å². The molecular weight excluding hydrogens is 286 g/mol. The van der Waals surface area contributed by atoms with Gasteiger partial charge in [-0.15, -0.1) is 11.3 Å². The van der Waals surface area contributed by atoms with Crippen molar-refractivity contribution in [1.29, 1.82) is 0 Å². The predicted molar refractivity (Wildman–Crippen MR) is 81.4 cm³/mol. The fourth-order valence-corrected chi connectivity index (χ4v) is 3.61. The van der Waals surface area contributed by atoms with Crippen LogP contribution in [0.2, 0.25) is 0 Å². The van der Waals surface area contributed by atoms with Gasteiger partial charge in [-0.3, -0.25) is 4.79 Å². The maximum absolute atomic E-state index is 12.9. The second kappa shape index (κ2) is 5.57. The molecule has 3 rings (SSSR count). The Labute approximate surface area is 127 Å². The summed E-state index contributed by atoms with van der Waals surface area (Å²) in [6.07, 6.45) is 3.68. The fourth-order valence-electron chi connectivity index (χ4n) is 2.74. The predicted octanol–water partition coefficient (Wildman–Crippen LogP) is 1.28. The zero-order valence-electron chi connectivity index (χ0n) is 12.5. The van der Waals surface area contributed by atoms with E-state index in [1.54, 1.807) is 6.20 Å². The molecule has 0 spiro atoms. The smallest absolute Gasteiger partial charge is 0.266 e. The van der Waals surface area contributed by atoms with Crippen LogP contribution >= 0.6 is 11.3 Å². The molecule has 0 bridgehead atoms. The molecule has 0 radical (unpaired) electrons. The van der Waals surface area contributed by atoms with Crippen LogP contribution in [0.1, 0.15) is 32.2 Å². The molecule has 0 aromatic carbocycles. The fraction of sp³-hybridized carbons (Fsp3) is 0.500. The summed E-state index contributed by atoms with van der Waals surface area (Å²) in [5.74, 6) is 0.974. The van der Waals surface area contributed by atoms with Crippen molar-refractivity contribution in [3.63, 3.8) is 0 Å². The molecule has 1 saturated heterocycles. The van der Waals surface area contributed by atoms with Crippen molar-refractivity contribution in [3.8, 4) is 0 Å². The van der Waals surface area contributed by atoms with Gasteiger partial charge in [0.05, 0.1) is 10.7 Å². The van der Waals surface area contributed by atoms with Crippen LogP contribution in [-0.2, 0) is 7.05 Å². The molecule has 112 valence electrons. The number of aromatic nitrogens is 3. The van der Waals surface area contributed by atoms with Crippen LogP contribution in [0.25, 0.3) is 0 Å². The zero-order chi connectivity index (χ0) is 15.0. The Hall–Kier alpha value is -1.73. The summed E-state index contributed by atoms with van der Waals surface area (Å²) in [5.41, 5.74) is 0.819. The molecular formula is C14H19N5OS. The van der Waals surface area contributed by atoms with Gasteiger partial charge in [-0.1, -0.05) is 0 Å². The number of carbonyl (C=O) groups is 1. The number of hydrogen-bond donors (Lipinski definition) is 1. The molecule has 1 fully saturated rings. The number of carbonyl (C=O) groups excluding carboxylic acids is 1. The van der Waals surface area contributed by atoms with Crippen LogP contribution in [-0.4, -0.2) is 45.0 Å². The van der Waals surface area contributed by atoms with Gasteiger partial charge in [0.2, 0.25) is 0 Å². The Morgan fingerprint density at radius 2 is 2.29 bits per heavy atom. The average Bonchev–Trinajstić information content (AvgIpc) is 3.03. The number of imidazole rings is 1. The van der Waals surface area contributed by atoms with Crippen LogP contribution in [0.15, 0.2) is 12.4 Å². The Morgan fingerprint density at radius 1 is 1.48 bits per heavy atom. The summed E-state index contributed by atoms with van der Waals surface area (Å²) in [6.45, 7) is 6.06. The minimum atomic E-state index is -0.0342. The molecule has 3 heterocycles. The van der Waals surface area contributed by atoms with Crippen molar-refractivity contribution in [2.75, 3.05) is 19.6 Å². The Bertz CT molecular complexity index is 662. The maximum Gasteiger partial charge on any atom is 0.266 e. The van der Waals surface area contributed by atoms with Gasteiger partial charge in [-0.25, -0.2) is 9.97 Å². The lowest BCUT2D eigenvalue weighted by atomic mass is 10.1. The normalized spacial score (nSPS) is 19.0. The Balaban J connectivity index is 1.93. The summed E-state index contributed by atoms with van der Waals surface area (Å²) in [4.78, 5) is 24.3. The third kappa shape index (κ3) is 2.58. The van der Waals surface area contributed by atoms with Crippen molar-refractivity contribution in [2.24, 2.45) is 7.05 Å². The number of aryl methyl sites for hydroxylation is 3. The van der Waals surface area contributed by atoms with Gasteiger partial charge in [0.1, 0.15) is 16.7 Å². The highest BCUT2D eigenvalue weighted by Gasteiger charge is 2.32. The standard InChI is InChI=1S/C14H19N5OS/c1-9-12(21-10(2)17-9)14(20)19-7-4-15-8-11(19)13-16-5-6-18(13)3/h5-6,11,15H,4,7-8H2,1-3H3. The molecule has 6 nitrogen and oxygen atoms in total.